The molecule has 67 valence electrons. The predicted molar refractivity (Wildman–Crippen MR) is 51.3 cm³/mol. The van der Waals surface area contributed by atoms with Crippen LogP contribution in [-0.2, 0) is 0 Å². The lowest BCUT2D eigenvalue weighted by Crippen LogP contribution is -2.23. The lowest BCUT2D eigenvalue weighted by Gasteiger charge is -2.19. The second-order valence-corrected chi connectivity index (χ2v) is 2.41. The number of anilines is 1. The second kappa shape index (κ2) is 5.03. The zero-order valence-electron chi connectivity index (χ0n) is 7.35. The van der Waals surface area contributed by atoms with Gasteiger partial charge in [0.25, 0.3) is 0 Å². The van der Waals surface area contributed by atoms with Gasteiger partial charge >= 0.3 is 0 Å². The third-order valence-electron chi connectivity index (χ3n) is 1.48. The summed E-state index contributed by atoms with van der Waals surface area (Å²) in [6.45, 7) is 8.76. The molecule has 0 aliphatic carbocycles. The summed E-state index contributed by atoms with van der Waals surface area (Å²) >= 11 is 0. The maximum Gasteiger partial charge on any atom is 0.142 e. The molecule has 4 nitrogen and oxygen atoms in total. The number of nitrogens with zero attached hydrogens (tertiary/aromatic N) is 4. The smallest absolute Gasteiger partial charge is 0.142 e. The molecule has 0 atom stereocenters. The van der Waals surface area contributed by atoms with Crippen LogP contribution >= 0.6 is 0 Å². The van der Waals surface area contributed by atoms with Crippen molar-refractivity contribution in [3.05, 3.63) is 37.7 Å². The monoisotopic (exact) mass is 175 g/mol. The summed E-state index contributed by atoms with van der Waals surface area (Å²) in [5, 5.41) is 10.7. The van der Waals surface area contributed by atoms with Gasteiger partial charge in [-0.25, -0.2) is 0 Å². The van der Waals surface area contributed by atoms with E-state index in [1.807, 2.05) is 4.90 Å². The van der Waals surface area contributed by atoms with Crippen molar-refractivity contribution in [1.82, 2.24) is 15.4 Å². The van der Waals surface area contributed by atoms with Crippen molar-refractivity contribution in [2.75, 3.05) is 18.0 Å². The third-order valence-corrected chi connectivity index (χ3v) is 1.48. The molecule has 0 bridgehead atoms. The van der Waals surface area contributed by atoms with Crippen LogP contribution in [0.3, 0.4) is 0 Å². The Balaban J connectivity index is 2.75. The van der Waals surface area contributed by atoms with Gasteiger partial charge in [0, 0.05) is 13.1 Å². The predicted octanol–water partition coefficient (Wildman–Crippen LogP) is 0.850. The molecule has 1 aromatic rings. The quantitative estimate of drug-likeness (QED) is 0.622. The number of aromatic nitrogens is 3. The van der Waals surface area contributed by atoms with Gasteiger partial charge in [0.2, 0.25) is 0 Å². The molecule has 0 N–H and O–H groups in total. The highest BCUT2D eigenvalue weighted by Crippen LogP contribution is 2.07. The first-order valence-electron chi connectivity index (χ1n) is 3.91. The minimum atomic E-state index is 0.718. The number of hydrogen-bond donors (Lipinski definition) is 0. The van der Waals surface area contributed by atoms with Crippen molar-refractivity contribution in [3.8, 4) is 0 Å². The van der Waals surface area contributed by atoms with Gasteiger partial charge in [-0.2, -0.15) is 0 Å². The zero-order valence-corrected chi connectivity index (χ0v) is 7.35. The van der Waals surface area contributed by atoms with Crippen LogP contribution in [-0.4, -0.2) is 28.5 Å². The summed E-state index contributed by atoms with van der Waals surface area (Å²) in [4.78, 5) is 1.99. The van der Waals surface area contributed by atoms with Gasteiger partial charge in [-0.05, 0) is 5.21 Å². The van der Waals surface area contributed by atoms with Gasteiger partial charge in [-0.1, -0.05) is 12.2 Å². The molecule has 0 aromatic carbocycles. The molecule has 0 spiro atoms. The minimum Gasteiger partial charge on any atom is -0.361 e. The minimum absolute atomic E-state index is 0.718. The molecule has 0 aliphatic heterocycles. The molecule has 1 heterocycles. The van der Waals surface area contributed by atoms with Gasteiger partial charge in [-0.15, -0.1) is 23.4 Å². The van der Waals surface area contributed by atoms with E-state index in [0.717, 1.165) is 18.8 Å². The Morgan fingerprint density at radius 2 is 2.08 bits per heavy atom. The van der Waals surface area contributed by atoms with Gasteiger partial charge in [0.15, 0.2) is 0 Å². The van der Waals surface area contributed by atoms with Crippen molar-refractivity contribution >= 4 is 5.69 Å². The highest BCUT2D eigenvalue weighted by Gasteiger charge is 2.02. The Bertz CT molecular complexity index is 260. The summed E-state index contributed by atoms with van der Waals surface area (Å²) in [5.74, 6) is 0. The fourth-order valence-electron chi connectivity index (χ4n) is 0.944. The highest BCUT2D eigenvalue weighted by molar-refractivity contribution is 5.41. The van der Waals surface area contributed by atoms with E-state index in [4.69, 9.17) is 0 Å². The maximum atomic E-state index is 3.67. The summed E-state index contributed by atoms with van der Waals surface area (Å²) in [6.07, 6.45) is 7.96. The molecule has 0 amide bonds. The van der Waals surface area contributed by atoms with Crippen LogP contribution in [0.5, 0.6) is 0 Å². The number of hydrogen-bond acceptors (Lipinski definition) is 4. The van der Waals surface area contributed by atoms with E-state index in [1.165, 1.54) is 0 Å². The van der Waals surface area contributed by atoms with Crippen LogP contribution in [0.1, 0.15) is 0 Å². The molecule has 13 heavy (non-hydrogen) atoms. The molecule has 0 unspecified atom stereocenters. The van der Waals surface area contributed by atoms with Gasteiger partial charge in [-0.3, -0.25) is 0 Å². The maximum absolute atomic E-state index is 3.67. The van der Waals surface area contributed by atoms with Crippen LogP contribution < -0.4 is 4.90 Å². The topological polar surface area (TPSA) is 41.9 Å². The molecule has 0 saturated heterocycles. The molecule has 0 aliphatic rings. The van der Waals surface area contributed by atoms with Crippen molar-refractivity contribution in [1.29, 1.82) is 0 Å². The first kappa shape index (κ1) is 9.38. The zero-order chi connectivity index (χ0) is 9.52. The lowest BCUT2D eigenvalue weighted by atomic mass is 10.4. The number of rotatable bonds is 5. The molecule has 1 rings (SSSR count). The van der Waals surface area contributed by atoms with Gasteiger partial charge in [0.05, 0.1) is 11.9 Å². The van der Waals surface area contributed by atoms with Crippen molar-refractivity contribution in [3.63, 3.8) is 0 Å². The fourth-order valence-corrected chi connectivity index (χ4v) is 0.944. The second-order valence-electron chi connectivity index (χ2n) is 2.41. The normalized spacial score (nSPS) is 9.23. The van der Waals surface area contributed by atoms with Crippen molar-refractivity contribution in [2.45, 2.75) is 0 Å². The van der Waals surface area contributed by atoms with Crippen LogP contribution in [0.4, 0.5) is 5.69 Å². The Labute approximate surface area is 77.6 Å². The third kappa shape index (κ3) is 2.66. The van der Waals surface area contributed by atoms with E-state index in [2.05, 4.69) is 34.8 Å². The first-order chi connectivity index (χ1) is 6.38. The SMILES string of the molecule is C=CCN(CC=C)c1[c]nnnc1. The summed E-state index contributed by atoms with van der Waals surface area (Å²) in [5.41, 5.74) is 0.801. The van der Waals surface area contributed by atoms with Crippen molar-refractivity contribution in [2.24, 2.45) is 0 Å². The Hall–Kier alpha value is -1.71. The van der Waals surface area contributed by atoms with Gasteiger partial charge in [0.1, 0.15) is 6.20 Å². The van der Waals surface area contributed by atoms with Crippen molar-refractivity contribution < 1.29 is 0 Å². The molecule has 1 aromatic heterocycles. The van der Waals surface area contributed by atoms with Crippen LogP contribution in [0.15, 0.2) is 31.5 Å². The first-order valence-corrected chi connectivity index (χ1v) is 3.91. The Morgan fingerprint density at radius 3 is 2.54 bits per heavy atom. The molecular formula is C9H11N4. The molecule has 0 saturated carbocycles. The van der Waals surface area contributed by atoms with E-state index >= 15 is 0 Å². The fraction of sp³-hybridized carbons (Fsp3) is 0.222. The lowest BCUT2D eigenvalue weighted by molar-refractivity contribution is 0.835. The average Bonchev–Trinajstić information content (AvgIpc) is 2.19. The van der Waals surface area contributed by atoms with E-state index < -0.39 is 0 Å². The van der Waals surface area contributed by atoms with E-state index in [9.17, 15) is 0 Å². The average molecular weight is 175 g/mol. The molecule has 0 fully saturated rings. The molecule has 1 radical (unpaired) electrons. The summed E-state index contributed by atoms with van der Waals surface area (Å²) in [7, 11) is 0. The van der Waals surface area contributed by atoms with Crippen LogP contribution in [0.25, 0.3) is 0 Å². The van der Waals surface area contributed by atoms with E-state index in [0.29, 0.717) is 0 Å². The van der Waals surface area contributed by atoms with E-state index in [1.54, 1.807) is 18.3 Å². The summed E-state index contributed by atoms with van der Waals surface area (Å²) in [6, 6.07) is 0. The molecular weight excluding hydrogens is 164 g/mol. The van der Waals surface area contributed by atoms with E-state index in [-0.39, 0.29) is 0 Å². The largest absolute Gasteiger partial charge is 0.361 e. The van der Waals surface area contributed by atoms with Gasteiger partial charge < -0.3 is 4.90 Å². The highest BCUT2D eigenvalue weighted by atomic mass is 15.3. The standard InChI is InChI=1S/C9H11N4/c1-3-5-13(6-4-2)9-7-10-12-11-8-9/h3-4,7H,1-2,5-6H2. The van der Waals surface area contributed by atoms with Crippen LogP contribution in [0, 0.1) is 6.20 Å². The Kier molecular flexibility index (Phi) is 3.63. The Morgan fingerprint density at radius 1 is 1.38 bits per heavy atom. The molecule has 4 heteroatoms. The summed E-state index contributed by atoms with van der Waals surface area (Å²) < 4.78 is 0. The van der Waals surface area contributed by atoms with Crippen LogP contribution in [0.2, 0.25) is 0 Å².